The van der Waals surface area contributed by atoms with Crippen molar-refractivity contribution in [3.63, 3.8) is 0 Å². The summed E-state index contributed by atoms with van der Waals surface area (Å²) in [6, 6.07) is 11.9. The first-order valence-electron chi connectivity index (χ1n) is 6.25. The molecule has 0 spiro atoms. The highest BCUT2D eigenvalue weighted by Gasteiger charge is 2.00. The normalized spacial score (nSPS) is 9.85. The van der Waals surface area contributed by atoms with Crippen molar-refractivity contribution in [2.75, 3.05) is 23.7 Å². The molecular weight excluding hydrogens is 275 g/mol. The van der Waals surface area contributed by atoms with Crippen LogP contribution in [0.15, 0.2) is 48.7 Å². The summed E-state index contributed by atoms with van der Waals surface area (Å²) in [5.74, 6) is 0.685. The average molecular weight is 291 g/mol. The predicted molar refractivity (Wildman–Crippen MR) is 82.1 cm³/mol. The standard InChI is InChI=1S/C14H15FN4S/c15-11-4-6-12(7-5-11)19-14(20)18-10-9-17-13-3-1-2-8-16-13/h1-8H,9-10H2,(H,16,17)(H2,18,19,20)/p+1. The number of aromatic nitrogens is 1. The Morgan fingerprint density at radius 2 is 1.90 bits per heavy atom. The van der Waals surface area contributed by atoms with E-state index in [0.717, 1.165) is 18.1 Å². The van der Waals surface area contributed by atoms with Crippen LogP contribution in [0.3, 0.4) is 0 Å². The second-order valence-corrected chi connectivity index (χ2v) is 4.50. The molecule has 2 rings (SSSR count). The summed E-state index contributed by atoms with van der Waals surface area (Å²) in [4.78, 5) is 3.08. The van der Waals surface area contributed by atoms with Crippen LogP contribution in [0.25, 0.3) is 0 Å². The number of halogens is 1. The van der Waals surface area contributed by atoms with E-state index in [4.69, 9.17) is 12.2 Å². The van der Waals surface area contributed by atoms with Crippen molar-refractivity contribution in [1.82, 2.24) is 5.32 Å². The van der Waals surface area contributed by atoms with Gasteiger partial charge in [0.05, 0.1) is 12.7 Å². The van der Waals surface area contributed by atoms with Crippen LogP contribution in [0.1, 0.15) is 0 Å². The van der Waals surface area contributed by atoms with Gasteiger partial charge in [-0.25, -0.2) is 9.37 Å². The van der Waals surface area contributed by atoms with E-state index >= 15 is 0 Å². The van der Waals surface area contributed by atoms with Gasteiger partial charge in [0.2, 0.25) is 0 Å². The highest BCUT2D eigenvalue weighted by molar-refractivity contribution is 7.80. The first-order chi connectivity index (χ1) is 9.74. The van der Waals surface area contributed by atoms with Crippen LogP contribution < -0.4 is 20.9 Å². The molecule has 1 aromatic carbocycles. The number of pyridine rings is 1. The Kier molecular flexibility index (Phi) is 5.25. The fraction of sp³-hybridized carbons (Fsp3) is 0.143. The summed E-state index contributed by atoms with van der Waals surface area (Å²) in [5.41, 5.74) is 0.758. The van der Waals surface area contributed by atoms with E-state index in [-0.39, 0.29) is 5.82 Å². The van der Waals surface area contributed by atoms with Gasteiger partial charge in [-0.2, -0.15) is 0 Å². The number of thiocarbonyl (C=S) groups is 1. The van der Waals surface area contributed by atoms with Crippen LogP contribution in [0.5, 0.6) is 0 Å². The Morgan fingerprint density at radius 3 is 2.60 bits per heavy atom. The highest BCUT2D eigenvalue weighted by atomic mass is 32.1. The Labute approximate surface area is 122 Å². The molecule has 1 heterocycles. The molecule has 20 heavy (non-hydrogen) atoms. The van der Waals surface area contributed by atoms with Gasteiger partial charge in [-0.15, -0.1) is 0 Å². The van der Waals surface area contributed by atoms with Gasteiger partial charge in [0.1, 0.15) is 12.4 Å². The summed E-state index contributed by atoms with van der Waals surface area (Å²) in [7, 11) is 0. The van der Waals surface area contributed by atoms with Gasteiger partial charge in [-0.05, 0) is 42.5 Å². The summed E-state index contributed by atoms with van der Waals surface area (Å²) in [5, 5.41) is 9.78. The number of rotatable bonds is 5. The minimum atomic E-state index is -0.266. The van der Waals surface area contributed by atoms with Crippen LogP contribution >= 0.6 is 12.2 Å². The topological polar surface area (TPSA) is 50.2 Å². The van der Waals surface area contributed by atoms with Gasteiger partial charge < -0.3 is 10.6 Å². The molecule has 0 amide bonds. The predicted octanol–water partition coefficient (Wildman–Crippen LogP) is 2.04. The largest absolute Gasteiger partial charge is 0.359 e. The maximum atomic E-state index is 12.7. The molecule has 0 radical (unpaired) electrons. The van der Waals surface area contributed by atoms with Gasteiger partial charge in [-0.1, -0.05) is 6.07 Å². The van der Waals surface area contributed by atoms with Gasteiger partial charge in [-0.3, -0.25) is 5.32 Å². The van der Waals surface area contributed by atoms with E-state index in [0.29, 0.717) is 11.7 Å². The molecule has 4 N–H and O–H groups in total. The summed E-state index contributed by atoms with van der Waals surface area (Å²) >= 11 is 5.15. The lowest BCUT2D eigenvalue weighted by Gasteiger charge is -2.09. The van der Waals surface area contributed by atoms with Gasteiger partial charge >= 0.3 is 0 Å². The van der Waals surface area contributed by atoms with Gasteiger partial charge in [0.15, 0.2) is 5.11 Å². The number of benzene rings is 1. The molecule has 1 aromatic heterocycles. The molecule has 0 aliphatic rings. The Morgan fingerprint density at radius 1 is 1.10 bits per heavy atom. The molecule has 0 aliphatic heterocycles. The summed E-state index contributed by atoms with van der Waals surface area (Å²) in [6.07, 6.45) is 1.86. The van der Waals surface area contributed by atoms with Gasteiger partial charge in [0, 0.05) is 11.8 Å². The van der Waals surface area contributed by atoms with Crippen molar-refractivity contribution in [3.8, 4) is 0 Å². The molecular formula is C14H16FN4S+. The molecule has 0 unspecified atom stereocenters. The molecule has 0 atom stereocenters. The third-order valence-electron chi connectivity index (χ3n) is 2.54. The van der Waals surface area contributed by atoms with Crippen molar-refractivity contribution in [3.05, 3.63) is 54.5 Å². The number of nitrogens with one attached hydrogen (secondary N) is 4. The van der Waals surface area contributed by atoms with Crippen molar-refractivity contribution in [2.24, 2.45) is 0 Å². The number of hydrogen-bond donors (Lipinski definition) is 3. The maximum Gasteiger partial charge on any atom is 0.272 e. The zero-order chi connectivity index (χ0) is 14.2. The highest BCUT2D eigenvalue weighted by Crippen LogP contribution is 2.07. The fourth-order valence-corrected chi connectivity index (χ4v) is 1.80. The molecule has 0 saturated heterocycles. The zero-order valence-corrected chi connectivity index (χ0v) is 11.6. The number of H-pyrrole nitrogens is 1. The zero-order valence-electron chi connectivity index (χ0n) is 10.8. The van der Waals surface area contributed by atoms with Crippen LogP contribution in [0.4, 0.5) is 15.9 Å². The second kappa shape index (κ2) is 7.40. The SMILES string of the molecule is Fc1ccc(NC(=S)NCCNc2cccc[nH+]2)cc1. The van der Waals surface area contributed by atoms with E-state index in [1.165, 1.54) is 12.1 Å². The lowest BCUT2D eigenvalue weighted by atomic mass is 10.3. The van der Waals surface area contributed by atoms with E-state index in [9.17, 15) is 4.39 Å². The van der Waals surface area contributed by atoms with Crippen molar-refractivity contribution in [2.45, 2.75) is 0 Å². The molecule has 4 nitrogen and oxygen atoms in total. The smallest absolute Gasteiger partial charge is 0.272 e. The molecule has 0 bridgehead atoms. The van der Waals surface area contributed by atoms with Gasteiger partial charge in [0.25, 0.3) is 5.82 Å². The van der Waals surface area contributed by atoms with Crippen LogP contribution in [-0.2, 0) is 0 Å². The lowest BCUT2D eigenvalue weighted by molar-refractivity contribution is -0.361. The third-order valence-corrected chi connectivity index (χ3v) is 2.78. The first kappa shape index (κ1) is 14.2. The van der Waals surface area contributed by atoms with Crippen molar-refractivity contribution < 1.29 is 9.37 Å². The monoisotopic (exact) mass is 291 g/mol. The van der Waals surface area contributed by atoms with Crippen molar-refractivity contribution >= 4 is 28.8 Å². The second-order valence-electron chi connectivity index (χ2n) is 4.09. The molecule has 104 valence electrons. The average Bonchev–Trinajstić information content (AvgIpc) is 2.47. The number of hydrogen-bond acceptors (Lipinski definition) is 2. The Balaban J connectivity index is 1.66. The summed E-state index contributed by atoms with van der Waals surface area (Å²) in [6.45, 7) is 1.40. The quantitative estimate of drug-likeness (QED) is 0.583. The Hall–Kier alpha value is -2.21. The Bertz CT molecular complexity index is 545. The van der Waals surface area contributed by atoms with Crippen molar-refractivity contribution in [1.29, 1.82) is 0 Å². The molecule has 6 heteroatoms. The lowest BCUT2D eigenvalue weighted by Crippen LogP contribution is -2.33. The first-order valence-corrected chi connectivity index (χ1v) is 6.66. The van der Waals surface area contributed by atoms with Crippen LogP contribution in [0.2, 0.25) is 0 Å². The molecule has 2 aromatic rings. The molecule has 0 aliphatic carbocycles. The van der Waals surface area contributed by atoms with E-state index < -0.39 is 0 Å². The minimum Gasteiger partial charge on any atom is -0.359 e. The number of anilines is 2. The molecule has 0 fully saturated rings. The third kappa shape index (κ3) is 4.81. The fourth-order valence-electron chi connectivity index (χ4n) is 1.59. The van der Waals surface area contributed by atoms with E-state index in [2.05, 4.69) is 20.9 Å². The molecule has 0 saturated carbocycles. The van der Waals surface area contributed by atoms with E-state index in [1.54, 1.807) is 12.1 Å². The van der Waals surface area contributed by atoms with Crippen LogP contribution in [0, 0.1) is 5.82 Å². The van der Waals surface area contributed by atoms with Crippen LogP contribution in [-0.4, -0.2) is 18.2 Å². The maximum absolute atomic E-state index is 12.7. The minimum absolute atomic E-state index is 0.266. The number of aromatic amines is 1. The summed E-state index contributed by atoms with van der Waals surface area (Å²) < 4.78 is 12.7. The van der Waals surface area contributed by atoms with E-state index in [1.807, 2.05) is 24.4 Å².